The van der Waals surface area contributed by atoms with Crippen molar-refractivity contribution in [3.63, 3.8) is 0 Å². The fourth-order valence-electron chi connectivity index (χ4n) is 3.72. The zero-order valence-corrected chi connectivity index (χ0v) is 21.2. The predicted octanol–water partition coefficient (Wildman–Crippen LogP) is 7.29. The number of benzene rings is 2. The second kappa shape index (κ2) is 10.3. The van der Waals surface area contributed by atoms with E-state index in [4.69, 9.17) is 18.8 Å². The van der Waals surface area contributed by atoms with Gasteiger partial charge in [-0.15, -0.1) is 0 Å². The first kappa shape index (κ1) is 23.6. The van der Waals surface area contributed by atoms with Crippen molar-refractivity contribution in [1.29, 1.82) is 0 Å². The van der Waals surface area contributed by atoms with Crippen LogP contribution in [0.1, 0.15) is 21.1 Å². The summed E-state index contributed by atoms with van der Waals surface area (Å²) in [4.78, 5) is 35.3. The van der Waals surface area contributed by atoms with E-state index in [0.29, 0.717) is 31.4 Å². The second-order valence-corrected chi connectivity index (χ2v) is 9.99. The highest BCUT2D eigenvalue weighted by molar-refractivity contribution is 7.25. The third-order valence-electron chi connectivity index (χ3n) is 5.48. The van der Waals surface area contributed by atoms with Crippen molar-refractivity contribution in [2.75, 3.05) is 10.6 Å². The van der Waals surface area contributed by atoms with Gasteiger partial charge in [0.15, 0.2) is 21.5 Å². The average Bonchev–Trinajstić information content (AvgIpc) is 3.76. The van der Waals surface area contributed by atoms with Crippen molar-refractivity contribution < 1.29 is 18.4 Å². The number of nitrogens with zero attached hydrogens (tertiary/aromatic N) is 2. The summed E-state index contributed by atoms with van der Waals surface area (Å²) < 4.78 is 10.5. The highest BCUT2D eigenvalue weighted by Gasteiger charge is 2.23. The maximum absolute atomic E-state index is 12.8. The van der Waals surface area contributed by atoms with Crippen LogP contribution in [-0.4, -0.2) is 21.8 Å². The summed E-state index contributed by atoms with van der Waals surface area (Å²) in [7, 11) is 0. The number of carbonyl (C=O) groups excluding carboxylic acids is 2. The monoisotopic (exact) mass is 538 g/mol. The van der Waals surface area contributed by atoms with Gasteiger partial charge in [0.2, 0.25) is 0 Å². The maximum atomic E-state index is 12.8. The molecule has 2 N–H and O–H groups in total. The van der Waals surface area contributed by atoms with Crippen LogP contribution in [-0.2, 0) is 0 Å². The predicted molar refractivity (Wildman–Crippen MR) is 147 cm³/mol. The van der Waals surface area contributed by atoms with Crippen LogP contribution in [0.2, 0.25) is 0 Å². The molecule has 0 saturated heterocycles. The zero-order chi connectivity index (χ0) is 25.9. The summed E-state index contributed by atoms with van der Waals surface area (Å²) in [5.41, 5.74) is 2.91. The van der Waals surface area contributed by atoms with Crippen LogP contribution in [0.4, 0.5) is 10.0 Å². The van der Waals surface area contributed by atoms with Crippen LogP contribution in [0.15, 0.2) is 106 Å². The molecule has 0 saturated carbocycles. The van der Waals surface area contributed by atoms with E-state index in [1.54, 1.807) is 24.3 Å². The molecular weight excluding hydrogens is 520 g/mol. The molecule has 0 spiro atoms. The Morgan fingerprint density at radius 2 is 1.00 bits per heavy atom. The molecule has 38 heavy (non-hydrogen) atoms. The fraction of sp³-hybridized carbons (Fsp3) is 0. The minimum atomic E-state index is -0.377. The SMILES string of the molecule is O=C(Nc1sc(-c2nc(-c3ccccc3)c(NC(=O)c3ccco3)s2)nc1-c1ccccc1)c1ccco1. The van der Waals surface area contributed by atoms with Crippen LogP contribution in [0.25, 0.3) is 32.5 Å². The van der Waals surface area contributed by atoms with Gasteiger partial charge in [0.05, 0.1) is 12.5 Å². The second-order valence-electron chi connectivity index (χ2n) is 7.99. The standard InChI is InChI=1S/C28H18N4O4S2/c33-23(19-13-7-15-35-19)31-25-21(17-9-3-1-4-10-17)29-27(37-25)28-30-22(18-11-5-2-6-12-18)26(38-28)32-24(34)20-14-8-16-36-20/h1-16H,(H,31,33)(H,32,34). The Kier molecular flexibility index (Phi) is 6.39. The van der Waals surface area contributed by atoms with Gasteiger partial charge in [-0.1, -0.05) is 83.3 Å². The van der Waals surface area contributed by atoms with Crippen molar-refractivity contribution in [1.82, 2.24) is 9.97 Å². The molecule has 6 rings (SSSR count). The maximum Gasteiger partial charge on any atom is 0.292 e. The van der Waals surface area contributed by atoms with E-state index in [1.807, 2.05) is 60.7 Å². The smallest absolute Gasteiger partial charge is 0.292 e. The van der Waals surface area contributed by atoms with Crippen molar-refractivity contribution in [3.8, 4) is 32.5 Å². The van der Waals surface area contributed by atoms with Gasteiger partial charge < -0.3 is 19.5 Å². The minimum Gasteiger partial charge on any atom is -0.459 e. The van der Waals surface area contributed by atoms with Gasteiger partial charge in [0.1, 0.15) is 21.4 Å². The lowest BCUT2D eigenvalue weighted by molar-refractivity contribution is 0.0989. The van der Waals surface area contributed by atoms with E-state index in [0.717, 1.165) is 11.1 Å². The van der Waals surface area contributed by atoms with Crippen LogP contribution in [0, 0.1) is 0 Å². The highest BCUT2D eigenvalue weighted by atomic mass is 32.1. The van der Waals surface area contributed by atoms with E-state index in [-0.39, 0.29) is 23.3 Å². The average molecular weight is 539 g/mol. The third kappa shape index (κ3) is 4.77. The number of rotatable bonds is 7. The number of anilines is 2. The van der Waals surface area contributed by atoms with E-state index in [2.05, 4.69) is 10.6 Å². The molecule has 4 heterocycles. The third-order valence-corrected chi connectivity index (χ3v) is 7.56. The molecule has 8 nitrogen and oxygen atoms in total. The molecule has 0 fully saturated rings. The van der Waals surface area contributed by atoms with E-state index < -0.39 is 0 Å². The number of carbonyl (C=O) groups is 2. The Morgan fingerprint density at radius 1 is 0.579 bits per heavy atom. The lowest BCUT2D eigenvalue weighted by atomic mass is 10.1. The van der Waals surface area contributed by atoms with E-state index in [9.17, 15) is 9.59 Å². The van der Waals surface area contributed by atoms with Crippen LogP contribution < -0.4 is 10.6 Å². The van der Waals surface area contributed by atoms with Crippen LogP contribution in [0.3, 0.4) is 0 Å². The fourth-order valence-corrected chi connectivity index (χ4v) is 5.71. The van der Waals surface area contributed by atoms with Gasteiger partial charge in [-0.3, -0.25) is 9.59 Å². The molecular formula is C28H18N4O4S2. The molecule has 0 bridgehead atoms. The molecule has 2 aromatic carbocycles. The zero-order valence-electron chi connectivity index (χ0n) is 19.6. The molecule has 0 aliphatic carbocycles. The Morgan fingerprint density at radius 3 is 1.37 bits per heavy atom. The molecule has 10 heteroatoms. The Labute approximate surface area is 224 Å². The van der Waals surface area contributed by atoms with Gasteiger partial charge >= 0.3 is 0 Å². The molecule has 186 valence electrons. The summed E-state index contributed by atoms with van der Waals surface area (Å²) in [5, 5.41) is 8.16. The number of aromatic nitrogens is 2. The molecule has 0 aliphatic rings. The topological polar surface area (TPSA) is 110 Å². The van der Waals surface area contributed by atoms with Gasteiger partial charge in [-0.25, -0.2) is 9.97 Å². The molecule has 0 radical (unpaired) electrons. The summed E-state index contributed by atoms with van der Waals surface area (Å²) >= 11 is 2.60. The number of hydrogen-bond donors (Lipinski definition) is 2. The lowest BCUT2D eigenvalue weighted by Gasteiger charge is -2.03. The Balaban J connectivity index is 1.42. The first-order valence-electron chi connectivity index (χ1n) is 11.5. The molecule has 2 amide bonds. The molecule has 4 aromatic heterocycles. The molecule has 6 aromatic rings. The van der Waals surface area contributed by atoms with Crippen molar-refractivity contribution in [2.24, 2.45) is 0 Å². The van der Waals surface area contributed by atoms with Gasteiger partial charge in [-0.2, -0.15) is 0 Å². The van der Waals surface area contributed by atoms with Gasteiger partial charge in [0, 0.05) is 11.1 Å². The lowest BCUT2D eigenvalue weighted by Crippen LogP contribution is -2.10. The first-order chi connectivity index (χ1) is 18.7. The Hall–Kier alpha value is -4.80. The summed E-state index contributed by atoms with van der Waals surface area (Å²) in [6.07, 6.45) is 2.90. The summed E-state index contributed by atoms with van der Waals surface area (Å²) in [5.74, 6) is -0.360. The quantitative estimate of drug-likeness (QED) is 0.221. The molecule has 0 aliphatic heterocycles. The molecule has 0 unspecified atom stereocenters. The van der Waals surface area contributed by atoms with Gasteiger partial charge in [0.25, 0.3) is 11.8 Å². The number of thiazole rings is 2. The number of hydrogen-bond acceptors (Lipinski definition) is 8. The van der Waals surface area contributed by atoms with Crippen LogP contribution >= 0.6 is 22.7 Å². The van der Waals surface area contributed by atoms with Crippen molar-refractivity contribution >= 4 is 44.5 Å². The summed E-state index contributed by atoms with van der Waals surface area (Å²) in [6, 6.07) is 25.7. The molecule has 0 atom stereocenters. The minimum absolute atomic E-state index is 0.197. The largest absolute Gasteiger partial charge is 0.459 e. The van der Waals surface area contributed by atoms with Crippen molar-refractivity contribution in [2.45, 2.75) is 0 Å². The van der Waals surface area contributed by atoms with E-state index in [1.165, 1.54) is 35.2 Å². The normalized spacial score (nSPS) is 10.8. The number of amides is 2. The summed E-state index contributed by atoms with van der Waals surface area (Å²) in [6.45, 7) is 0. The highest BCUT2D eigenvalue weighted by Crippen LogP contribution is 2.43. The number of nitrogens with one attached hydrogen (secondary N) is 2. The van der Waals surface area contributed by atoms with Gasteiger partial charge in [-0.05, 0) is 24.3 Å². The Bertz CT molecular complexity index is 1560. The van der Waals surface area contributed by atoms with Crippen molar-refractivity contribution in [3.05, 3.63) is 109 Å². The number of furan rings is 2. The van der Waals surface area contributed by atoms with Crippen LogP contribution in [0.5, 0.6) is 0 Å². The van der Waals surface area contributed by atoms with E-state index >= 15 is 0 Å². The first-order valence-corrected chi connectivity index (χ1v) is 13.1.